The summed E-state index contributed by atoms with van der Waals surface area (Å²) in [6.45, 7) is 0. The minimum absolute atomic E-state index is 0.116. The van der Waals surface area contributed by atoms with E-state index in [1.807, 2.05) is 30.3 Å². The molecule has 3 rings (SSSR count). The molecule has 2 nitrogen and oxygen atoms in total. The lowest BCUT2D eigenvalue weighted by atomic mass is 10.00. The molecular weight excluding hydrogens is 583 g/mol. The molecule has 0 heterocycles. The second kappa shape index (κ2) is 8.83. The molecule has 0 fully saturated rings. The van der Waals surface area contributed by atoms with Gasteiger partial charge in [0.1, 0.15) is 5.75 Å². The molecule has 0 saturated heterocycles. The van der Waals surface area contributed by atoms with Crippen LogP contribution >= 0.6 is 71.0 Å². The monoisotopic (exact) mass is 592 g/mol. The van der Waals surface area contributed by atoms with Crippen LogP contribution in [0.25, 0.3) is 10.8 Å². The summed E-state index contributed by atoms with van der Waals surface area (Å²) < 4.78 is 6.24. The average Bonchev–Trinajstić information content (AvgIpc) is 2.66. The first-order valence-corrected chi connectivity index (χ1v) is 11.2. The summed E-state index contributed by atoms with van der Waals surface area (Å²) in [6.07, 6.45) is 0. The van der Waals surface area contributed by atoms with Crippen molar-refractivity contribution in [3.8, 4) is 5.75 Å². The highest BCUT2D eigenvalue weighted by Crippen LogP contribution is 2.38. The van der Waals surface area contributed by atoms with Crippen LogP contribution in [0, 0.1) is 0 Å². The molecule has 2 unspecified atom stereocenters. The number of Topliss-reactive ketones (excluding diaryl/α,β-unsaturated/α-hetero) is 1. The van der Waals surface area contributed by atoms with Gasteiger partial charge in [0.15, 0.2) is 5.78 Å². The molecule has 140 valence electrons. The molecule has 0 aliphatic heterocycles. The van der Waals surface area contributed by atoms with Gasteiger partial charge in [0.2, 0.25) is 0 Å². The molecule has 0 aliphatic rings. The number of carbonyl (C=O) groups excluding carboxylic acids is 1. The van der Waals surface area contributed by atoms with Crippen molar-refractivity contribution in [1.82, 2.24) is 0 Å². The van der Waals surface area contributed by atoms with Crippen LogP contribution in [0.3, 0.4) is 0 Å². The average molecular weight is 596 g/mol. The van der Waals surface area contributed by atoms with E-state index in [2.05, 4.69) is 47.8 Å². The number of carbonyl (C=O) groups is 1. The predicted molar refractivity (Wildman–Crippen MR) is 123 cm³/mol. The molecule has 3 aromatic rings. The van der Waals surface area contributed by atoms with E-state index < -0.39 is 4.83 Å². The van der Waals surface area contributed by atoms with Crippen LogP contribution in [-0.4, -0.2) is 17.7 Å². The van der Waals surface area contributed by atoms with E-state index in [9.17, 15) is 4.79 Å². The van der Waals surface area contributed by atoms with Gasteiger partial charge in [-0.2, -0.15) is 0 Å². The normalized spacial score (nSPS) is 13.4. The number of ketones is 1. The van der Waals surface area contributed by atoms with Gasteiger partial charge in [0.05, 0.1) is 26.3 Å². The maximum absolute atomic E-state index is 12.9. The van der Waals surface area contributed by atoms with Crippen LogP contribution in [0.1, 0.15) is 20.7 Å². The molecule has 3 aromatic carbocycles. The molecule has 2 atom stereocenters. The zero-order valence-electron chi connectivity index (χ0n) is 14.0. The molecule has 0 spiro atoms. The van der Waals surface area contributed by atoms with Crippen molar-refractivity contribution in [2.75, 3.05) is 7.11 Å². The van der Waals surface area contributed by atoms with Crippen LogP contribution in [-0.2, 0) is 0 Å². The second-order valence-corrected chi connectivity index (χ2v) is 9.46. The van der Waals surface area contributed by atoms with Crippen molar-refractivity contribution in [2.45, 2.75) is 9.65 Å². The smallest absolute Gasteiger partial charge is 0.179 e. The number of hydrogen-bond acceptors (Lipinski definition) is 2. The Labute approximate surface area is 192 Å². The Morgan fingerprint density at radius 3 is 2.44 bits per heavy atom. The van der Waals surface area contributed by atoms with Crippen molar-refractivity contribution in [2.24, 2.45) is 0 Å². The van der Waals surface area contributed by atoms with Crippen LogP contribution in [0.2, 0.25) is 10.0 Å². The number of rotatable bonds is 5. The Hall–Kier alpha value is -0.590. The zero-order valence-corrected chi connectivity index (χ0v) is 20.2. The molecular formula is C20H13Br3Cl2O2. The Morgan fingerprint density at radius 1 is 1.04 bits per heavy atom. The molecule has 0 aliphatic carbocycles. The Bertz CT molecular complexity index is 1020. The number of methoxy groups -OCH3 is 1. The SMILES string of the molecule is COc1ccc2cc(C(Br)C(Br)C(=O)c3ccc(Cl)cc3Cl)ccc2c1Br. The number of fused-ring (bicyclic) bond motifs is 1. The zero-order chi connectivity index (χ0) is 19.7. The summed E-state index contributed by atoms with van der Waals surface area (Å²) in [5.41, 5.74) is 1.40. The van der Waals surface area contributed by atoms with Crippen molar-refractivity contribution in [3.05, 3.63) is 74.2 Å². The van der Waals surface area contributed by atoms with Crippen LogP contribution in [0.5, 0.6) is 5.75 Å². The summed E-state index contributed by atoms with van der Waals surface area (Å²) in [7, 11) is 1.64. The van der Waals surface area contributed by atoms with Crippen molar-refractivity contribution in [3.63, 3.8) is 0 Å². The van der Waals surface area contributed by atoms with Gasteiger partial charge in [-0.1, -0.05) is 73.3 Å². The minimum Gasteiger partial charge on any atom is -0.496 e. The van der Waals surface area contributed by atoms with Crippen molar-refractivity contribution in [1.29, 1.82) is 0 Å². The van der Waals surface area contributed by atoms with Gasteiger partial charge >= 0.3 is 0 Å². The van der Waals surface area contributed by atoms with Crippen LogP contribution < -0.4 is 4.74 Å². The van der Waals surface area contributed by atoms with Gasteiger partial charge < -0.3 is 4.74 Å². The van der Waals surface area contributed by atoms with Gasteiger partial charge in [0.25, 0.3) is 0 Å². The maximum Gasteiger partial charge on any atom is 0.179 e. The van der Waals surface area contributed by atoms with E-state index in [0.29, 0.717) is 15.6 Å². The topological polar surface area (TPSA) is 26.3 Å². The Balaban J connectivity index is 1.92. The molecule has 27 heavy (non-hydrogen) atoms. The number of benzene rings is 3. The van der Waals surface area contributed by atoms with Gasteiger partial charge in [-0.25, -0.2) is 0 Å². The number of ether oxygens (including phenoxy) is 1. The Morgan fingerprint density at radius 2 is 1.78 bits per heavy atom. The third kappa shape index (κ3) is 4.38. The van der Waals surface area contributed by atoms with E-state index in [4.69, 9.17) is 27.9 Å². The standard InChI is InChI=1S/C20H13Br3Cl2O2/c1-27-16-7-3-10-8-11(2-5-13(10)18(16)22)17(21)19(23)20(26)14-6-4-12(24)9-15(14)25/h2-9,17,19H,1H3. The molecule has 0 N–H and O–H groups in total. The van der Waals surface area contributed by atoms with Gasteiger partial charge in [0, 0.05) is 10.6 Å². The molecule has 0 amide bonds. The summed E-state index contributed by atoms with van der Waals surface area (Å²) >= 11 is 22.8. The van der Waals surface area contributed by atoms with E-state index in [-0.39, 0.29) is 10.6 Å². The quantitative estimate of drug-likeness (QED) is 0.221. The van der Waals surface area contributed by atoms with Crippen molar-refractivity contribution < 1.29 is 9.53 Å². The first kappa shape index (κ1) is 21.1. The predicted octanol–water partition coefficient (Wildman–Crippen LogP) is 8.00. The fourth-order valence-corrected chi connectivity index (χ4v) is 4.99. The molecule has 0 radical (unpaired) electrons. The lowest BCUT2D eigenvalue weighted by Crippen LogP contribution is -2.19. The van der Waals surface area contributed by atoms with Crippen LogP contribution in [0.15, 0.2) is 53.0 Å². The molecule has 0 saturated carbocycles. The highest BCUT2D eigenvalue weighted by atomic mass is 79.9. The number of alkyl halides is 2. The Kier molecular flexibility index (Phi) is 6.91. The fraction of sp³-hybridized carbons (Fsp3) is 0.150. The third-order valence-corrected chi connectivity index (χ3v) is 8.26. The largest absolute Gasteiger partial charge is 0.496 e. The van der Waals surface area contributed by atoms with Gasteiger partial charge in [-0.05, 0) is 62.6 Å². The van der Waals surface area contributed by atoms with Gasteiger partial charge in [-0.15, -0.1) is 0 Å². The summed E-state index contributed by atoms with van der Waals surface area (Å²) in [6, 6.07) is 14.8. The number of halogens is 5. The van der Waals surface area contributed by atoms with Crippen LogP contribution in [0.4, 0.5) is 0 Å². The molecule has 0 bridgehead atoms. The highest BCUT2D eigenvalue weighted by molar-refractivity contribution is 9.12. The fourth-order valence-electron chi connectivity index (χ4n) is 2.76. The summed E-state index contributed by atoms with van der Waals surface area (Å²) in [4.78, 5) is 12.1. The van der Waals surface area contributed by atoms with Crippen molar-refractivity contribution >= 4 is 87.5 Å². The minimum atomic E-state index is -0.490. The third-order valence-electron chi connectivity index (χ3n) is 4.19. The summed E-state index contributed by atoms with van der Waals surface area (Å²) in [5.74, 6) is 0.658. The van der Waals surface area contributed by atoms with E-state index in [0.717, 1.165) is 26.6 Å². The van der Waals surface area contributed by atoms with E-state index in [1.165, 1.54) is 0 Å². The van der Waals surface area contributed by atoms with E-state index >= 15 is 0 Å². The van der Waals surface area contributed by atoms with Gasteiger partial charge in [-0.3, -0.25) is 4.79 Å². The maximum atomic E-state index is 12.9. The number of hydrogen-bond donors (Lipinski definition) is 0. The first-order chi connectivity index (χ1) is 12.8. The second-order valence-electron chi connectivity index (χ2n) is 5.85. The first-order valence-electron chi connectivity index (χ1n) is 7.87. The van der Waals surface area contributed by atoms with E-state index in [1.54, 1.807) is 25.3 Å². The lowest BCUT2D eigenvalue weighted by molar-refractivity contribution is 0.0991. The molecule has 7 heteroatoms. The highest BCUT2D eigenvalue weighted by Gasteiger charge is 2.27. The summed E-state index contributed by atoms with van der Waals surface area (Å²) in [5, 5.41) is 2.91. The lowest BCUT2D eigenvalue weighted by Gasteiger charge is -2.18. The molecule has 0 aromatic heterocycles.